The first-order chi connectivity index (χ1) is 6.45. The van der Waals surface area contributed by atoms with E-state index in [0.29, 0.717) is 13.1 Å². The molecule has 0 spiro atoms. The molecule has 2 rings (SSSR count). The minimum absolute atomic E-state index is 0. The van der Waals surface area contributed by atoms with Crippen molar-refractivity contribution in [3.63, 3.8) is 0 Å². The largest absolute Gasteiger partial charge is 0.451 e. The summed E-state index contributed by atoms with van der Waals surface area (Å²) in [4.78, 5) is 7.92. The summed E-state index contributed by atoms with van der Waals surface area (Å²) in [6.07, 6.45) is 6.03. The topological polar surface area (TPSA) is 64.1 Å². The van der Waals surface area contributed by atoms with E-state index in [2.05, 4.69) is 15.3 Å². The van der Waals surface area contributed by atoms with Crippen molar-refractivity contribution in [2.75, 3.05) is 0 Å². The van der Waals surface area contributed by atoms with Gasteiger partial charge in [-0.25, -0.2) is 9.97 Å². The average molecular weight is 216 g/mol. The molecule has 0 amide bonds. The Balaban J connectivity index is 0.000000980. The van der Waals surface area contributed by atoms with Crippen LogP contribution in [0.1, 0.15) is 11.4 Å². The van der Waals surface area contributed by atoms with Crippen LogP contribution in [0.3, 0.4) is 0 Å². The molecule has 0 aliphatic heterocycles. The maximum Gasteiger partial charge on any atom is 0.180 e. The van der Waals surface area contributed by atoms with Crippen molar-refractivity contribution in [2.24, 2.45) is 0 Å². The van der Waals surface area contributed by atoms with Gasteiger partial charge in [-0.1, -0.05) is 0 Å². The number of nitrogens with one attached hydrogen (secondary N) is 1. The van der Waals surface area contributed by atoms with Gasteiger partial charge in [-0.15, -0.1) is 12.4 Å². The SMILES string of the molecule is Cl.c1nc(CNCc2cocn2)co1. The Hall–Kier alpha value is -1.33. The van der Waals surface area contributed by atoms with E-state index in [1.807, 2.05) is 0 Å². The molecule has 0 fully saturated rings. The third-order valence-corrected chi connectivity index (χ3v) is 1.58. The minimum Gasteiger partial charge on any atom is -0.451 e. The number of rotatable bonds is 4. The lowest BCUT2D eigenvalue weighted by atomic mass is 10.4. The monoisotopic (exact) mass is 215 g/mol. The molecule has 0 aliphatic carbocycles. The molecule has 6 heteroatoms. The summed E-state index contributed by atoms with van der Waals surface area (Å²) in [6.45, 7) is 1.34. The van der Waals surface area contributed by atoms with E-state index in [4.69, 9.17) is 8.83 Å². The Bertz CT molecular complexity index is 299. The first kappa shape index (κ1) is 10.7. The zero-order chi connectivity index (χ0) is 8.93. The van der Waals surface area contributed by atoms with Crippen LogP contribution in [0, 0.1) is 0 Å². The van der Waals surface area contributed by atoms with Crippen molar-refractivity contribution in [1.82, 2.24) is 15.3 Å². The van der Waals surface area contributed by atoms with Gasteiger partial charge in [0.1, 0.15) is 12.5 Å². The van der Waals surface area contributed by atoms with E-state index in [0.717, 1.165) is 11.4 Å². The fraction of sp³-hybridized carbons (Fsp3) is 0.250. The van der Waals surface area contributed by atoms with Gasteiger partial charge in [0, 0.05) is 13.1 Å². The van der Waals surface area contributed by atoms with Crippen molar-refractivity contribution in [2.45, 2.75) is 13.1 Å². The second-order valence-corrected chi connectivity index (χ2v) is 2.56. The molecule has 0 aromatic carbocycles. The lowest BCUT2D eigenvalue weighted by Gasteiger charge is -1.96. The van der Waals surface area contributed by atoms with Crippen LogP contribution in [-0.2, 0) is 13.1 Å². The molecule has 2 aromatic rings. The number of aromatic nitrogens is 2. The van der Waals surface area contributed by atoms with Crippen LogP contribution >= 0.6 is 12.4 Å². The maximum absolute atomic E-state index is 4.82. The third kappa shape index (κ3) is 2.86. The molecule has 2 aromatic heterocycles. The number of nitrogens with zero attached hydrogens (tertiary/aromatic N) is 2. The molecular weight excluding hydrogens is 206 g/mol. The predicted octanol–water partition coefficient (Wildman–Crippen LogP) is 1.37. The van der Waals surface area contributed by atoms with E-state index in [1.165, 1.54) is 12.8 Å². The van der Waals surface area contributed by atoms with E-state index in [9.17, 15) is 0 Å². The van der Waals surface area contributed by atoms with Gasteiger partial charge in [0.25, 0.3) is 0 Å². The second-order valence-electron chi connectivity index (χ2n) is 2.56. The summed E-state index contributed by atoms with van der Waals surface area (Å²) < 4.78 is 9.63. The Kier molecular flexibility index (Phi) is 4.15. The van der Waals surface area contributed by atoms with Crippen molar-refractivity contribution in [3.05, 3.63) is 36.7 Å². The average Bonchev–Trinajstić information content (AvgIpc) is 2.75. The Labute approximate surface area is 86.9 Å². The quantitative estimate of drug-likeness (QED) is 0.835. The van der Waals surface area contributed by atoms with Gasteiger partial charge < -0.3 is 14.2 Å². The van der Waals surface area contributed by atoms with Crippen molar-refractivity contribution in [3.8, 4) is 0 Å². The van der Waals surface area contributed by atoms with Gasteiger partial charge in [-0.05, 0) is 0 Å². The van der Waals surface area contributed by atoms with Crippen molar-refractivity contribution >= 4 is 12.4 Å². The molecule has 0 aliphatic rings. The fourth-order valence-electron chi connectivity index (χ4n) is 0.968. The summed E-state index contributed by atoms with van der Waals surface area (Å²) in [5.41, 5.74) is 1.76. The third-order valence-electron chi connectivity index (χ3n) is 1.58. The van der Waals surface area contributed by atoms with Crippen molar-refractivity contribution in [1.29, 1.82) is 0 Å². The summed E-state index contributed by atoms with van der Waals surface area (Å²) >= 11 is 0. The van der Waals surface area contributed by atoms with Crippen LogP contribution in [0.15, 0.2) is 34.1 Å². The zero-order valence-corrected chi connectivity index (χ0v) is 8.16. The highest BCUT2D eigenvalue weighted by atomic mass is 35.5. The van der Waals surface area contributed by atoms with Gasteiger partial charge in [0.05, 0.1) is 11.4 Å². The minimum atomic E-state index is 0. The summed E-state index contributed by atoms with van der Waals surface area (Å²) in [6, 6.07) is 0. The van der Waals surface area contributed by atoms with E-state index in [1.54, 1.807) is 12.5 Å². The smallest absolute Gasteiger partial charge is 0.180 e. The molecule has 0 unspecified atom stereocenters. The molecule has 0 atom stereocenters. The predicted molar refractivity (Wildman–Crippen MR) is 50.8 cm³/mol. The van der Waals surface area contributed by atoms with Gasteiger partial charge in [0.15, 0.2) is 12.8 Å². The van der Waals surface area contributed by atoms with Gasteiger partial charge >= 0.3 is 0 Å². The zero-order valence-electron chi connectivity index (χ0n) is 7.34. The van der Waals surface area contributed by atoms with Crippen LogP contribution in [0.5, 0.6) is 0 Å². The Morgan fingerprint density at radius 1 is 1.00 bits per heavy atom. The molecule has 14 heavy (non-hydrogen) atoms. The van der Waals surface area contributed by atoms with Crippen LogP contribution in [0.25, 0.3) is 0 Å². The maximum atomic E-state index is 4.82. The van der Waals surface area contributed by atoms with E-state index in [-0.39, 0.29) is 12.4 Å². The van der Waals surface area contributed by atoms with Gasteiger partial charge in [-0.3, -0.25) is 0 Å². The molecule has 0 saturated carbocycles. The normalized spacial score (nSPS) is 9.71. The highest BCUT2D eigenvalue weighted by Gasteiger charge is 1.97. The van der Waals surface area contributed by atoms with Crippen LogP contribution in [0.4, 0.5) is 0 Å². The molecule has 2 heterocycles. The van der Waals surface area contributed by atoms with Crippen LogP contribution < -0.4 is 5.32 Å². The first-order valence-corrected chi connectivity index (χ1v) is 3.90. The molecular formula is C8H10ClN3O2. The Morgan fingerprint density at radius 2 is 1.50 bits per heavy atom. The number of hydrogen-bond acceptors (Lipinski definition) is 5. The molecule has 5 nitrogen and oxygen atoms in total. The summed E-state index contributed by atoms with van der Waals surface area (Å²) in [5.74, 6) is 0. The highest BCUT2D eigenvalue weighted by Crippen LogP contribution is 1.96. The molecule has 0 radical (unpaired) electrons. The molecule has 0 saturated heterocycles. The highest BCUT2D eigenvalue weighted by molar-refractivity contribution is 5.85. The van der Waals surface area contributed by atoms with E-state index < -0.39 is 0 Å². The number of halogens is 1. The molecule has 76 valence electrons. The number of oxazole rings is 2. The van der Waals surface area contributed by atoms with Crippen LogP contribution in [-0.4, -0.2) is 9.97 Å². The van der Waals surface area contributed by atoms with Gasteiger partial charge in [0.2, 0.25) is 0 Å². The summed E-state index contributed by atoms with van der Waals surface area (Å²) in [7, 11) is 0. The Morgan fingerprint density at radius 3 is 1.86 bits per heavy atom. The summed E-state index contributed by atoms with van der Waals surface area (Å²) in [5, 5.41) is 3.15. The van der Waals surface area contributed by atoms with Crippen LogP contribution in [0.2, 0.25) is 0 Å². The molecule has 1 N–H and O–H groups in total. The number of hydrogen-bond donors (Lipinski definition) is 1. The fourth-order valence-corrected chi connectivity index (χ4v) is 0.968. The van der Waals surface area contributed by atoms with Crippen molar-refractivity contribution < 1.29 is 8.83 Å². The lowest BCUT2D eigenvalue weighted by molar-refractivity contribution is 0.552. The van der Waals surface area contributed by atoms with E-state index >= 15 is 0 Å². The second kappa shape index (κ2) is 5.41. The first-order valence-electron chi connectivity index (χ1n) is 3.90. The molecule has 0 bridgehead atoms. The standard InChI is InChI=1S/C8H9N3O2.ClH/c1(7-3-12-5-10-7)9-2-8-4-13-6-11-8;/h3-6,9H,1-2H2;1H. The van der Waals surface area contributed by atoms with Gasteiger partial charge in [-0.2, -0.15) is 0 Å². The lowest BCUT2D eigenvalue weighted by Crippen LogP contribution is -2.12.